The predicted molar refractivity (Wildman–Crippen MR) is 293 cm³/mol. The zero-order valence-corrected chi connectivity index (χ0v) is 44.3. The molecule has 0 aromatic heterocycles. The Morgan fingerprint density at radius 1 is 0.309 bits per heavy atom. The summed E-state index contributed by atoms with van der Waals surface area (Å²) < 4.78 is 16.8. The molecule has 388 valence electrons. The van der Waals surface area contributed by atoms with E-state index in [-0.39, 0.29) is 37.5 Å². The first-order valence-corrected chi connectivity index (χ1v) is 28.2. The third-order valence-corrected chi connectivity index (χ3v) is 11.8. The highest BCUT2D eigenvalue weighted by Crippen LogP contribution is 2.14. The molecule has 0 spiro atoms. The lowest BCUT2D eigenvalue weighted by molar-refractivity contribution is -0.167. The number of hydrogen-bond donors (Lipinski definition) is 0. The van der Waals surface area contributed by atoms with Crippen molar-refractivity contribution in [2.24, 2.45) is 0 Å². The SMILES string of the molecule is CC/C=C\C/C=C\C/C=C\C/C=C\C/C=C\C/C=C\C/C=C\CCCC(=O)OCC(COC(=O)CCCCCCCCCCCC)OC(=O)CCCCCCCCC/C=C\CCCCCCCC. The van der Waals surface area contributed by atoms with Gasteiger partial charge in [0.15, 0.2) is 6.10 Å². The number of unbranched alkanes of at least 4 members (excludes halogenated alkanes) is 23. The van der Waals surface area contributed by atoms with Crippen molar-refractivity contribution in [3.63, 3.8) is 0 Å². The second-order valence-electron chi connectivity index (χ2n) is 18.5. The zero-order chi connectivity index (χ0) is 49.3. The molecule has 0 bridgehead atoms. The van der Waals surface area contributed by atoms with Gasteiger partial charge >= 0.3 is 17.9 Å². The van der Waals surface area contributed by atoms with Crippen molar-refractivity contribution in [2.45, 2.75) is 264 Å². The Morgan fingerprint density at radius 2 is 0.588 bits per heavy atom. The normalized spacial score (nSPS) is 12.8. The number of carbonyl (C=O) groups excluding carboxylic acids is 3. The highest BCUT2D eigenvalue weighted by molar-refractivity contribution is 5.71. The van der Waals surface area contributed by atoms with E-state index in [1.807, 2.05) is 0 Å². The van der Waals surface area contributed by atoms with Gasteiger partial charge in [-0.2, -0.15) is 0 Å². The number of allylic oxidation sites excluding steroid dienone is 16. The quantitative estimate of drug-likeness (QED) is 0.0262. The summed E-state index contributed by atoms with van der Waals surface area (Å²) in [6.07, 6.45) is 74.0. The molecule has 1 unspecified atom stereocenters. The molecule has 0 saturated carbocycles. The molecule has 0 heterocycles. The van der Waals surface area contributed by atoms with Crippen LogP contribution in [0.3, 0.4) is 0 Å². The summed E-state index contributed by atoms with van der Waals surface area (Å²) >= 11 is 0. The monoisotopic (exact) mass is 945 g/mol. The number of esters is 3. The van der Waals surface area contributed by atoms with Gasteiger partial charge in [-0.25, -0.2) is 0 Å². The molecular formula is C62H104O6. The van der Waals surface area contributed by atoms with E-state index in [4.69, 9.17) is 14.2 Å². The Bertz CT molecular complexity index is 1360. The molecule has 0 fully saturated rings. The molecule has 0 saturated heterocycles. The molecular weight excluding hydrogens is 841 g/mol. The van der Waals surface area contributed by atoms with Crippen LogP contribution in [-0.2, 0) is 28.6 Å². The van der Waals surface area contributed by atoms with Crippen LogP contribution in [0, 0.1) is 0 Å². The zero-order valence-electron chi connectivity index (χ0n) is 44.3. The molecule has 0 radical (unpaired) electrons. The van der Waals surface area contributed by atoms with Crippen LogP contribution >= 0.6 is 0 Å². The first kappa shape index (κ1) is 64.3. The summed E-state index contributed by atoms with van der Waals surface area (Å²) in [6.45, 7) is 6.46. The molecule has 0 aliphatic rings. The van der Waals surface area contributed by atoms with Gasteiger partial charge in [-0.3, -0.25) is 14.4 Å². The van der Waals surface area contributed by atoms with E-state index in [1.165, 1.54) is 122 Å². The summed E-state index contributed by atoms with van der Waals surface area (Å²) in [4.78, 5) is 38.0. The average Bonchev–Trinajstić information content (AvgIpc) is 3.34. The van der Waals surface area contributed by atoms with E-state index < -0.39 is 6.10 Å². The van der Waals surface area contributed by atoms with Gasteiger partial charge in [-0.15, -0.1) is 0 Å². The minimum Gasteiger partial charge on any atom is -0.462 e. The number of hydrogen-bond acceptors (Lipinski definition) is 6. The minimum absolute atomic E-state index is 0.0960. The number of rotatable bonds is 50. The van der Waals surface area contributed by atoms with Gasteiger partial charge in [0, 0.05) is 19.3 Å². The fourth-order valence-corrected chi connectivity index (χ4v) is 7.60. The standard InChI is InChI=1S/C62H104O6/c1-4-7-10-13-16-19-22-24-26-28-29-30-31-32-33-35-36-38-40-43-46-49-52-55-61(64)67-58-59(57-66-60(63)54-51-48-45-42-21-18-15-12-9-6-3)68-62(65)56-53-50-47-44-41-39-37-34-27-25-23-20-17-14-11-8-5-2/h7,10,16,19,24-27,29-30,32-33,36,38,43,46,59H,4-6,8-9,11-15,17-18,20-23,28,31,34-35,37,39-42,44-45,47-58H2,1-3H3/b10-7-,19-16-,26-24-,27-25-,30-29-,33-32-,38-36-,46-43-. The highest BCUT2D eigenvalue weighted by atomic mass is 16.6. The molecule has 0 aliphatic heterocycles. The van der Waals surface area contributed by atoms with Gasteiger partial charge < -0.3 is 14.2 Å². The second kappa shape index (κ2) is 55.9. The summed E-state index contributed by atoms with van der Waals surface area (Å²) in [7, 11) is 0. The Labute approximate surface area is 419 Å². The van der Waals surface area contributed by atoms with Crippen molar-refractivity contribution in [1.82, 2.24) is 0 Å². The fourth-order valence-electron chi connectivity index (χ4n) is 7.60. The van der Waals surface area contributed by atoms with Crippen LogP contribution in [0.5, 0.6) is 0 Å². The molecule has 0 aromatic carbocycles. The average molecular weight is 946 g/mol. The topological polar surface area (TPSA) is 78.9 Å². The Hall–Kier alpha value is -3.67. The van der Waals surface area contributed by atoms with Crippen molar-refractivity contribution in [1.29, 1.82) is 0 Å². The van der Waals surface area contributed by atoms with Crippen molar-refractivity contribution < 1.29 is 28.6 Å². The Kier molecular flexibility index (Phi) is 52.9. The van der Waals surface area contributed by atoms with Crippen LogP contribution in [0.15, 0.2) is 97.2 Å². The molecule has 6 nitrogen and oxygen atoms in total. The lowest BCUT2D eigenvalue weighted by Crippen LogP contribution is -2.30. The van der Waals surface area contributed by atoms with E-state index in [0.717, 1.165) is 89.9 Å². The van der Waals surface area contributed by atoms with E-state index in [9.17, 15) is 14.4 Å². The molecule has 68 heavy (non-hydrogen) atoms. The van der Waals surface area contributed by atoms with Crippen LogP contribution < -0.4 is 0 Å². The third-order valence-electron chi connectivity index (χ3n) is 11.8. The Balaban J connectivity index is 4.43. The highest BCUT2D eigenvalue weighted by Gasteiger charge is 2.19. The lowest BCUT2D eigenvalue weighted by atomic mass is 10.1. The van der Waals surface area contributed by atoms with Gasteiger partial charge in [0.25, 0.3) is 0 Å². The number of carbonyl (C=O) groups is 3. The van der Waals surface area contributed by atoms with Gasteiger partial charge in [0.05, 0.1) is 0 Å². The first-order valence-electron chi connectivity index (χ1n) is 28.2. The second-order valence-corrected chi connectivity index (χ2v) is 18.5. The smallest absolute Gasteiger partial charge is 0.306 e. The van der Waals surface area contributed by atoms with Crippen LogP contribution in [-0.4, -0.2) is 37.2 Å². The summed E-state index contributed by atoms with van der Waals surface area (Å²) in [5.41, 5.74) is 0. The summed E-state index contributed by atoms with van der Waals surface area (Å²) in [6, 6.07) is 0. The molecule has 6 heteroatoms. The fraction of sp³-hybridized carbons (Fsp3) is 0.694. The van der Waals surface area contributed by atoms with Gasteiger partial charge in [-0.1, -0.05) is 240 Å². The van der Waals surface area contributed by atoms with Crippen molar-refractivity contribution >= 4 is 17.9 Å². The molecule has 0 amide bonds. The van der Waals surface area contributed by atoms with E-state index in [1.54, 1.807) is 0 Å². The maximum absolute atomic E-state index is 12.8. The molecule has 0 aliphatic carbocycles. The predicted octanol–water partition coefficient (Wildman–Crippen LogP) is 18.9. The Morgan fingerprint density at radius 3 is 0.971 bits per heavy atom. The molecule has 0 rings (SSSR count). The number of ether oxygens (including phenoxy) is 3. The molecule has 1 atom stereocenters. The molecule has 0 N–H and O–H groups in total. The minimum atomic E-state index is -0.802. The van der Waals surface area contributed by atoms with E-state index in [0.29, 0.717) is 19.3 Å². The van der Waals surface area contributed by atoms with Gasteiger partial charge in [0.1, 0.15) is 13.2 Å². The third kappa shape index (κ3) is 53.3. The van der Waals surface area contributed by atoms with Crippen LogP contribution in [0.4, 0.5) is 0 Å². The lowest BCUT2D eigenvalue weighted by Gasteiger charge is -2.18. The van der Waals surface area contributed by atoms with Gasteiger partial charge in [-0.05, 0) is 96.3 Å². The summed E-state index contributed by atoms with van der Waals surface area (Å²) in [5.74, 6) is -0.962. The maximum Gasteiger partial charge on any atom is 0.306 e. The first-order chi connectivity index (χ1) is 33.5. The van der Waals surface area contributed by atoms with Crippen LogP contribution in [0.2, 0.25) is 0 Å². The van der Waals surface area contributed by atoms with Crippen LogP contribution in [0.1, 0.15) is 258 Å². The van der Waals surface area contributed by atoms with Crippen molar-refractivity contribution in [3.8, 4) is 0 Å². The van der Waals surface area contributed by atoms with Crippen LogP contribution in [0.25, 0.3) is 0 Å². The molecule has 0 aromatic rings. The van der Waals surface area contributed by atoms with Crippen molar-refractivity contribution in [2.75, 3.05) is 13.2 Å². The summed E-state index contributed by atoms with van der Waals surface area (Å²) in [5, 5.41) is 0. The maximum atomic E-state index is 12.8. The van der Waals surface area contributed by atoms with E-state index >= 15 is 0 Å². The largest absolute Gasteiger partial charge is 0.462 e. The van der Waals surface area contributed by atoms with Crippen molar-refractivity contribution in [3.05, 3.63) is 97.2 Å². The van der Waals surface area contributed by atoms with Gasteiger partial charge in [0.2, 0.25) is 0 Å². The van der Waals surface area contributed by atoms with E-state index in [2.05, 4.69) is 118 Å².